The first-order valence-electron chi connectivity index (χ1n) is 4.82. The van der Waals surface area contributed by atoms with Crippen molar-refractivity contribution in [2.75, 3.05) is 0 Å². The molecule has 2 nitrogen and oxygen atoms in total. The quantitative estimate of drug-likeness (QED) is 0.666. The highest BCUT2D eigenvalue weighted by Gasteiger charge is 2.17. The summed E-state index contributed by atoms with van der Waals surface area (Å²) in [5.41, 5.74) is 0.990. The van der Waals surface area contributed by atoms with Crippen molar-refractivity contribution in [1.29, 1.82) is 0 Å². The maximum absolute atomic E-state index is 11.5. The molecule has 0 saturated carbocycles. The molecule has 0 heterocycles. The highest BCUT2D eigenvalue weighted by Crippen LogP contribution is 2.10. The molecule has 1 unspecified atom stereocenters. The lowest BCUT2D eigenvalue weighted by atomic mass is 9.97. The van der Waals surface area contributed by atoms with Crippen molar-refractivity contribution < 1.29 is 4.79 Å². The Labute approximate surface area is 81.4 Å². The third-order valence-corrected chi connectivity index (χ3v) is 2.51. The molecule has 0 aliphatic heterocycles. The van der Waals surface area contributed by atoms with Crippen molar-refractivity contribution in [2.45, 2.75) is 40.7 Å². The molecule has 0 aromatic heterocycles. The summed E-state index contributed by atoms with van der Waals surface area (Å²) in [6, 6.07) is 0.0775. The van der Waals surface area contributed by atoms with Crippen LogP contribution in [0.2, 0.25) is 0 Å². The SMILES string of the molecule is C=C(C)[C@@H](C)NC(=O)C(C)C(C)C. The van der Waals surface area contributed by atoms with E-state index in [0.717, 1.165) is 5.57 Å². The molecule has 0 fully saturated rings. The van der Waals surface area contributed by atoms with Gasteiger partial charge in [-0.1, -0.05) is 32.9 Å². The van der Waals surface area contributed by atoms with E-state index in [-0.39, 0.29) is 17.9 Å². The molecule has 1 amide bonds. The number of hydrogen-bond donors (Lipinski definition) is 1. The fraction of sp³-hybridized carbons (Fsp3) is 0.727. The highest BCUT2D eigenvalue weighted by molar-refractivity contribution is 5.79. The average Bonchev–Trinajstić information content (AvgIpc) is 2.02. The summed E-state index contributed by atoms with van der Waals surface area (Å²) in [5.74, 6) is 0.574. The number of amides is 1. The van der Waals surface area contributed by atoms with Crippen LogP contribution in [0.15, 0.2) is 12.2 Å². The van der Waals surface area contributed by atoms with Gasteiger partial charge in [0.2, 0.25) is 5.91 Å². The van der Waals surface area contributed by atoms with Gasteiger partial charge in [0.1, 0.15) is 0 Å². The van der Waals surface area contributed by atoms with Crippen LogP contribution in [0.4, 0.5) is 0 Å². The van der Waals surface area contributed by atoms with Gasteiger partial charge in [0, 0.05) is 12.0 Å². The Kier molecular flexibility index (Phi) is 4.74. The molecule has 0 aromatic rings. The van der Waals surface area contributed by atoms with Crippen LogP contribution in [0.5, 0.6) is 0 Å². The predicted molar refractivity (Wildman–Crippen MR) is 56.4 cm³/mol. The van der Waals surface area contributed by atoms with E-state index in [1.807, 2.05) is 20.8 Å². The first kappa shape index (κ1) is 12.2. The molecule has 76 valence electrons. The lowest BCUT2D eigenvalue weighted by Crippen LogP contribution is -2.38. The van der Waals surface area contributed by atoms with Gasteiger partial charge in [0.25, 0.3) is 0 Å². The van der Waals surface area contributed by atoms with E-state index in [1.165, 1.54) is 0 Å². The van der Waals surface area contributed by atoms with E-state index in [1.54, 1.807) is 0 Å². The summed E-state index contributed by atoms with van der Waals surface area (Å²) in [6.07, 6.45) is 0. The second kappa shape index (κ2) is 5.05. The third-order valence-electron chi connectivity index (χ3n) is 2.51. The summed E-state index contributed by atoms with van der Waals surface area (Å²) in [7, 11) is 0. The van der Waals surface area contributed by atoms with Crippen molar-refractivity contribution >= 4 is 5.91 Å². The smallest absolute Gasteiger partial charge is 0.223 e. The van der Waals surface area contributed by atoms with Crippen LogP contribution in [0.3, 0.4) is 0 Å². The van der Waals surface area contributed by atoms with E-state index in [2.05, 4.69) is 25.7 Å². The standard InChI is InChI=1S/C11H21NO/c1-7(2)9(5)11(13)12-10(6)8(3)4/h7,9-10H,3H2,1-2,4-6H3,(H,12,13)/t9?,10-/m1/s1. The van der Waals surface area contributed by atoms with Gasteiger partial charge >= 0.3 is 0 Å². The molecule has 1 N–H and O–H groups in total. The first-order chi connectivity index (χ1) is 5.86. The molecule has 0 bridgehead atoms. The van der Waals surface area contributed by atoms with E-state index in [9.17, 15) is 4.79 Å². The Bertz CT molecular complexity index is 196. The Morgan fingerprint density at radius 2 is 1.69 bits per heavy atom. The molecule has 0 aliphatic rings. The summed E-state index contributed by atoms with van der Waals surface area (Å²) in [6.45, 7) is 13.7. The molecule has 13 heavy (non-hydrogen) atoms. The number of rotatable bonds is 4. The zero-order chi connectivity index (χ0) is 10.6. The number of carbonyl (C=O) groups excluding carboxylic acids is 1. The van der Waals surface area contributed by atoms with Crippen LogP contribution in [-0.2, 0) is 4.79 Å². The van der Waals surface area contributed by atoms with Gasteiger partial charge in [0.15, 0.2) is 0 Å². The van der Waals surface area contributed by atoms with Gasteiger partial charge < -0.3 is 5.32 Å². The van der Waals surface area contributed by atoms with E-state index in [4.69, 9.17) is 0 Å². The zero-order valence-corrected chi connectivity index (χ0v) is 9.35. The highest BCUT2D eigenvalue weighted by atomic mass is 16.1. The number of nitrogens with one attached hydrogen (secondary N) is 1. The van der Waals surface area contributed by atoms with Crippen molar-refractivity contribution in [3.8, 4) is 0 Å². The average molecular weight is 183 g/mol. The molecule has 0 saturated heterocycles. The van der Waals surface area contributed by atoms with Gasteiger partial charge in [-0.15, -0.1) is 0 Å². The molecule has 0 radical (unpaired) electrons. The fourth-order valence-corrected chi connectivity index (χ4v) is 0.771. The summed E-state index contributed by atoms with van der Waals surface area (Å²) in [5, 5.41) is 2.92. The Morgan fingerprint density at radius 1 is 1.23 bits per heavy atom. The minimum atomic E-state index is 0.0711. The van der Waals surface area contributed by atoms with E-state index in [0.29, 0.717) is 5.92 Å². The molecule has 0 spiro atoms. The van der Waals surface area contributed by atoms with Crippen LogP contribution in [0.25, 0.3) is 0 Å². The maximum atomic E-state index is 11.5. The Hall–Kier alpha value is -0.790. The minimum absolute atomic E-state index is 0.0711. The van der Waals surface area contributed by atoms with Crippen LogP contribution < -0.4 is 5.32 Å². The largest absolute Gasteiger partial charge is 0.350 e. The summed E-state index contributed by atoms with van der Waals surface area (Å²) in [4.78, 5) is 11.5. The van der Waals surface area contributed by atoms with Gasteiger partial charge in [-0.2, -0.15) is 0 Å². The first-order valence-corrected chi connectivity index (χ1v) is 4.82. The third kappa shape index (κ3) is 4.11. The van der Waals surface area contributed by atoms with Crippen LogP contribution in [0, 0.1) is 11.8 Å². The van der Waals surface area contributed by atoms with E-state index >= 15 is 0 Å². The van der Waals surface area contributed by atoms with Crippen LogP contribution >= 0.6 is 0 Å². The lowest BCUT2D eigenvalue weighted by Gasteiger charge is -2.19. The van der Waals surface area contributed by atoms with Crippen LogP contribution in [0.1, 0.15) is 34.6 Å². The van der Waals surface area contributed by atoms with Gasteiger partial charge in [0.05, 0.1) is 0 Å². The van der Waals surface area contributed by atoms with Crippen molar-refractivity contribution in [3.05, 3.63) is 12.2 Å². The van der Waals surface area contributed by atoms with E-state index < -0.39 is 0 Å². The zero-order valence-electron chi connectivity index (χ0n) is 9.35. The van der Waals surface area contributed by atoms with Gasteiger partial charge in [-0.3, -0.25) is 4.79 Å². The summed E-state index contributed by atoms with van der Waals surface area (Å²) >= 11 is 0. The second-order valence-corrected chi connectivity index (χ2v) is 4.11. The molecule has 0 rings (SSSR count). The lowest BCUT2D eigenvalue weighted by molar-refractivity contribution is -0.126. The van der Waals surface area contributed by atoms with Crippen molar-refractivity contribution in [2.24, 2.45) is 11.8 Å². The second-order valence-electron chi connectivity index (χ2n) is 4.11. The summed E-state index contributed by atoms with van der Waals surface area (Å²) < 4.78 is 0. The normalized spacial score (nSPS) is 15.2. The molecular weight excluding hydrogens is 162 g/mol. The van der Waals surface area contributed by atoms with Crippen LogP contribution in [-0.4, -0.2) is 11.9 Å². The maximum Gasteiger partial charge on any atom is 0.223 e. The predicted octanol–water partition coefficient (Wildman–Crippen LogP) is 2.36. The monoisotopic (exact) mass is 183 g/mol. The topological polar surface area (TPSA) is 29.1 Å². The number of carbonyl (C=O) groups is 1. The Balaban J connectivity index is 4.08. The molecule has 2 heteroatoms. The molecule has 2 atom stereocenters. The molecular formula is C11H21NO. The molecule has 0 aliphatic carbocycles. The Morgan fingerprint density at radius 3 is 2.00 bits per heavy atom. The van der Waals surface area contributed by atoms with Gasteiger partial charge in [-0.05, 0) is 19.8 Å². The fourth-order valence-electron chi connectivity index (χ4n) is 0.771. The minimum Gasteiger partial charge on any atom is -0.350 e. The van der Waals surface area contributed by atoms with Crippen molar-refractivity contribution in [1.82, 2.24) is 5.32 Å². The van der Waals surface area contributed by atoms with Gasteiger partial charge in [-0.25, -0.2) is 0 Å². The molecule has 0 aromatic carbocycles. The van der Waals surface area contributed by atoms with Crippen molar-refractivity contribution in [3.63, 3.8) is 0 Å². The number of hydrogen-bond acceptors (Lipinski definition) is 1.